The Morgan fingerprint density at radius 2 is 2.10 bits per heavy atom. The smallest absolute Gasteiger partial charge is 0.251 e. The van der Waals surface area contributed by atoms with Gasteiger partial charge in [-0.2, -0.15) is 0 Å². The minimum absolute atomic E-state index is 0.0108. The Kier molecular flexibility index (Phi) is 6.71. The lowest BCUT2D eigenvalue weighted by Crippen LogP contribution is -2.35. The Morgan fingerprint density at radius 3 is 2.81 bits per heavy atom. The SMILES string of the molecule is CN(CCCNC(=O)c1cccc(Br)c1)C1CCCCC1. The maximum Gasteiger partial charge on any atom is 0.251 e. The van der Waals surface area contributed by atoms with E-state index in [1.807, 2.05) is 24.3 Å². The molecule has 0 saturated heterocycles. The number of nitrogens with zero attached hydrogens (tertiary/aromatic N) is 1. The minimum atomic E-state index is 0.0108. The van der Waals surface area contributed by atoms with Gasteiger partial charge in [-0.25, -0.2) is 0 Å². The van der Waals surface area contributed by atoms with Crippen LogP contribution >= 0.6 is 15.9 Å². The van der Waals surface area contributed by atoms with Gasteiger partial charge in [0.15, 0.2) is 0 Å². The highest BCUT2D eigenvalue weighted by atomic mass is 79.9. The van der Waals surface area contributed by atoms with E-state index in [0.717, 1.165) is 30.0 Å². The molecule has 116 valence electrons. The monoisotopic (exact) mass is 352 g/mol. The van der Waals surface area contributed by atoms with Crippen molar-refractivity contribution in [2.45, 2.75) is 44.6 Å². The molecule has 0 atom stereocenters. The van der Waals surface area contributed by atoms with Gasteiger partial charge in [0.1, 0.15) is 0 Å². The number of carbonyl (C=O) groups is 1. The van der Waals surface area contributed by atoms with E-state index in [1.54, 1.807) is 0 Å². The second-order valence-corrected chi connectivity index (χ2v) is 6.81. The summed E-state index contributed by atoms with van der Waals surface area (Å²) in [4.78, 5) is 14.5. The van der Waals surface area contributed by atoms with Gasteiger partial charge in [-0.1, -0.05) is 41.3 Å². The molecule has 0 heterocycles. The van der Waals surface area contributed by atoms with Crippen LogP contribution in [0.3, 0.4) is 0 Å². The van der Waals surface area contributed by atoms with Crippen LogP contribution in [0.4, 0.5) is 0 Å². The van der Waals surface area contributed by atoms with Crippen molar-refractivity contribution < 1.29 is 4.79 Å². The standard InChI is InChI=1S/C17H25BrN2O/c1-20(16-9-3-2-4-10-16)12-6-11-19-17(21)14-7-5-8-15(18)13-14/h5,7-8,13,16H,2-4,6,9-12H2,1H3,(H,19,21). The van der Waals surface area contributed by atoms with Crippen LogP contribution < -0.4 is 5.32 Å². The highest BCUT2D eigenvalue weighted by Gasteiger charge is 2.17. The zero-order valence-electron chi connectivity index (χ0n) is 12.8. The van der Waals surface area contributed by atoms with Crippen molar-refractivity contribution in [3.05, 3.63) is 34.3 Å². The van der Waals surface area contributed by atoms with E-state index in [0.29, 0.717) is 5.56 Å². The van der Waals surface area contributed by atoms with Gasteiger partial charge in [0.25, 0.3) is 5.91 Å². The molecule has 0 unspecified atom stereocenters. The van der Waals surface area contributed by atoms with Gasteiger partial charge in [0.2, 0.25) is 0 Å². The third-order valence-corrected chi connectivity index (χ3v) is 4.75. The normalized spacial score (nSPS) is 16.1. The molecule has 1 aromatic rings. The summed E-state index contributed by atoms with van der Waals surface area (Å²) in [5.74, 6) is 0.0108. The fourth-order valence-electron chi connectivity index (χ4n) is 2.97. The number of amides is 1. The lowest BCUT2D eigenvalue weighted by molar-refractivity contribution is 0.0950. The number of hydrogen-bond acceptors (Lipinski definition) is 2. The Labute approximate surface area is 136 Å². The molecule has 0 spiro atoms. The summed E-state index contributed by atoms with van der Waals surface area (Å²) >= 11 is 3.39. The lowest BCUT2D eigenvalue weighted by atomic mass is 9.94. The number of nitrogens with one attached hydrogen (secondary N) is 1. The number of hydrogen-bond donors (Lipinski definition) is 1. The van der Waals surface area contributed by atoms with E-state index in [-0.39, 0.29) is 5.91 Å². The maximum absolute atomic E-state index is 12.0. The summed E-state index contributed by atoms with van der Waals surface area (Å²) in [6.07, 6.45) is 7.81. The molecule has 0 aliphatic heterocycles. The molecule has 0 radical (unpaired) electrons. The Balaban J connectivity index is 1.66. The van der Waals surface area contributed by atoms with Crippen molar-refractivity contribution in [2.24, 2.45) is 0 Å². The number of benzene rings is 1. The first kappa shape index (κ1) is 16.5. The van der Waals surface area contributed by atoms with Crippen LogP contribution in [0.5, 0.6) is 0 Å². The van der Waals surface area contributed by atoms with E-state index in [2.05, 4.69) is 33.2 Å². The Bertz CT molecular complexity index is 458. The lowest BCUT2D eigenvalue weighted by Gasteiger charge is -2.31. The van der Waals surface area contributed by atoms with Gasteiger partial charge in [-0.15, -0.1) is 0 Å². The molecule has 1 aliphatic rings. The van der Waals surface area contributed by atoms with Crippen LogP contribution in [0.1, 0.15) is 48.9 Å². The molecule has 1 saturated carbocycles. The molecular weight excluding hydrogens is 328 g/mol. The van der Waals surface area contributed by atoms with Gasteiger partial charge in [-0.05, 0) is 51.1 Å². The summed E-state index contributed by atoms with van der Waals surface area (Å²) in [6, 6.07) is 8.25. The van der Waals surface area contributed by atoms with Crippen molar-refractivity contribution in [2.75, 3.05) is 20.1 Å². The first-order chi connectivity index (χ1) is 10.2. The third-order valence-electron chi connectivity index (χ3n) is 4.26. The number of halogens is 1. The van der Waals surface area contributed by atoms with Crippen LogP contribution in [0.25, 0.3) is 0 Å². The maximum atomic E-state index is 12.0. The molecule has 1 aliphatic carbocycles. The summed E-state index contributed by atoms with van der Waals surface area (Å²) in [5.41, 5.74) is 0.713. The molecule has 1 fully saturated rings. The summed E-state index contributed by atoms with van der Waals surface area (Å²) in [7, 11) is 2.21. The first-order valence-corrected chi connectivity index (χ1v) is 8.70. The van der Waals surface area contributed by atoms with Gasteiger partial charge in [0.05, 0.1) is 0 Å². The van der Waals surface area contributed by atoms with E-state index < -0.39 is 0 Å². The topological polar surface area (TPSA) is 32.3 Å². The zero-order valence-corrected chi connectivity index (χ0v) is 14.4. The van der Waals surface area contributed by atoms with Crippen LogP contribution in [0, 0.1) is 0 Å². The Hall–Kier alpha value is -0.870. The second kappa shape index (κ2) is 8.54. The fraction of sp³-hybridized carbons (Fsp3) is 0.588. The minimum Gasteiger partial charge on any atom is -0.352 e. The van der Waals surface area contributed by atoms with Crippen molar-refractivity contribution >= 4 is 21.8 Å². The van der Waals surface area contributed by atoms with Crippen LogP contribution in [0.2, 0.25) is 0 Å². The van der Waals surface area contributed by atoms with Crippen molar-refractivity contribution in [1.82, 2.24) is 10.2 Å². The molecule has 1 aromatic carbocycles. The van der Waals surface area contributed by atoms with Crippen LogP contribution in [-0.4, -0.2) is 37.0 Å². The second-order valence-electron chi connectivity index (χ2n) is 5.89. The van der Waals surface area contributed by atoms with Crippen molar-refractivity contribution in [3.8, 4) is 0 Å². The van der Waals surface area contributed by atoms with E-state index >= 15 is 0 Å². The molecule has 3 nitrogen and oxygen atoms in total. The summed E-state index contributed by atoms with van der Waals surface area (Å²) in [6.45, 7) is 1.80. The van der Waals surface area contributed by atoms with Gasteiger partial charge in [0, 0.05) is 22.6 Å². The summed E-state index contributed by atoms with van der Waals surface area (Å²) < 4.78 is 0.937. The molecule has 2 rings (SSSR count). The average molecular weight is 353 g/mol. The predicted octanol–water partition coefficient (Wildman–Crippen LogP) is 3.83. The van der Waals surface area contributed by atoms with Crippen molar-refractivity contribution in [3.63, 3.8) is 0 Å². The highest BCUT2D eigenvalue weighted by molar-refractivity contribution is 9.10. The van der Waals surface area contributed by atoms with Gasteiger partial charge in [-0.3, -0.25) is 4.79 Å². The highest BCUT2D eigenvalue weighted by Crippen LogP contribution is 2.21. The molecule has 0 aromatic heterocycles. The third kappa shape index (κ3) is 5.44. The molecule has 1 N–H and O–H groups in total. The van der Waals surface area contributed by atoms with Crippen LogP contribution in [-0.2, 0) is 0 Å². The Morgan fingerprint density at radius 1 is 1.33 bits per heavy atom. The largest absolute Gasteiger partial charge is 0.352 e. The van der Waals surface area contributed by atoms with E-state index in [1.165, 1.54) is 32.1 Å². The molecule has 4 heteroatoms. The molecule has 21 heavy (non-hydrogen) atoms. The molecular formula is C17H25BrN2O. The summed E-state index contributed by atoms with van der Waals surface area (Å²) in [5, 5.41) is 3.00. The predicted molar refractivity (Wildman–Crippen MR) is 90.6 cm³/mol. The van der Waals surface area contributed by atoms with E-state index in [4.69, 9.17) is 0 Å². The molecule has 1 amide bonds. The fourth-order valence-corrected chi connectivity index (χ4v) is 3.37. The van der Waals surface area contributed by atoms with Crippen molar-refractivity contribution in [1.29, 1.82) is 0 Å². The van der Waals surface area contributed by atoms with E-state index in [9.17, 15) is 4.79 Å². The average Bonchev–Trinajstić information content (AvgIpc) is 2.52. The quantitative estimate of drug-likeness (QED) is 0.789. The van der Waals surface area contributed by atoms with Crippen LogP contribution in [0.15, 0.2) is 28.7 Å². The molecule has 0 bridgehead atoms. The number of carbonyl (C=O) groups excluding carboxylic acids is 1. The first-order valence-electron chi connectivity index (χ1n) is 7.91. The van der Waals surface area contributed by atoms with Gasteiger partial charge >= 0.3 is 0 Å². The van der Waals surface area contributed by atoms with Gasteiger partial charge < -0.3 is 10.2 Å². The number of rotatable bonds is 6. The zero-order chi connectivity index (χ0) is 15.1.